The minimum absolute atomic E-state index is 0.321. The Hall–Kier alpha value is -1.19. The van der Waals surface area contributed by atoms with Crippen molar-refractivity contribution >= 4 is 15.9 Å². The molecule has 2 aromatic rings. The largest absolute Gasteiger partial charge is 0.306 e. The first-order valence-electron chi connectivity index (χ1n) is 6.05. The average Bonchev–Trinajstić information content (AvgIpc) is 2.37. The standard InChI is InChI=1S/C15H17BrN2/c1-11-6-7-17-9-14(11)10-18-12(2)13-4-3-5-15(16)8-13/h3-9,12,18H,10H2,1-2H3/t12-/m1/s1. The van der Waals surface area contributed by atoms with Gasteiger partial charge in [0.05, 0.1) is 0 Å². The highest BCUT2D eigenvalue weighted by atomic mass is 79.9. The van der Waals surface area contributed by atoms with Gasteiger partial charge in [-0.3, -0.25) is 4.98 Å². The molecular formula is C15H17BrN2. The second kappa shape index (κ2) is 6.12. The molecule has 1 aromatic carbocycles. The van der Waals surface area contributed by atoms with Crippen LogP contribution in [0.25, 0.3) is 0 Å². The summed E-state index contributed by atoms with van der Waals surface area (Å²) in [7, 11) is 0. The van der Waals surface area contributed by atoms with Gasteiger partial charge >= 0.3 is 0 Å². The zero-order valence-electron chi connectivity index (χ0n) is 10.7. The summed E-state index contributed by atoms with van der Waals surface area (Å²) in [6, 6.07) is 10.8. The minimum atomic E-state index is 0.321. The molecule has 1 atom stereocenters. The first-order chi connectivity index (χ1) is 8.66. The Morgan fingerprint density at radius 2 is 2.17 bits per heavy atom. The summed E-state index contributed by atoms with van der Waals surface area (Å²) in [4.78, 5) is 4.16. The lowest BCUT2D eigenvalue weighted by Crippen LogP contribution is -2.18. The molecule has 0 aliphatic rings. The van der Waals surface area contributed by atoms with Gasteiger partial charge in [0.25, 0.3) is 0 Å². The molecule has 0 saturated heterocycles. The van der Waals surface area contributed by atoms with Gasteiger partial charge < -0.3 is 5.32 Å². The van der Waals surface area contributed by atoms with Crippen molar-refractivity contribution in [1.29, 1.82) is 0 Å². The van der Waals surface area contributed by atoms with Crippen LogP contribution in [-0.2, 0) is 6.54 Å². The summed E-state index contributed by atoms with van der Waals surface area (Å²) in [6.45, 7) is 5.13. The van der Waals surface area contributed by atoms with Crippen molar-refractivity contribution in [2.45, 2.75) is 26.4 Å². The van der Waals surface area contributed by atoms with Crippen molar-refractivity contribution in [3.8, 4) is 0 Å². The second-order valence-electron chi connectivity index (χ2n) is 4.46. The molecule has 0 fully saturated rings. The number of aryl methyl sites for hydroxylation is 1. The van der Waals surface area contributed by atoms with Gasteiger partial charge in [0, 0.05) is 29.5 Å². The van der Waals surface area contributed by atoms with Crippen LogP contribution >= 0.6 is 15.9 Å². The van der Waals surface area contributed by atoms with Gasteiger partial charge in [0.15, 0.2) is 0 Å². The van der Waals surface area contributed by atoms with E-state index in [9.17, 15) is 0 Å². The van der Waals surface area contributed by atoms with E-state index < -0.39 is 0 Å². The van der Waals surface area contributed by atoms with Gasteiger partial charge in [-0.25, -0.2) is 0 Å². The molecule has 2 rings (SSSR count). The molecule has 18 heavy (non-hydrogen) atoms. The number of nitrogens with zero attached hydrogens (tertiary/aromatic N) is 1. The lowest BCUT2D eigenvalue weighted by Gasteiger charge is -2.15. The molecule has 0 aliphatic carbocycles. The van der Waals surface area contributed by atoms with Crippen LogP contribution in [0.4, 0.5) is 0 Å². The molecule has 0 aliphatic heterocycles. The van der Waals surface area contributed by atoms with Gasteiger partial charge in [0.1, 0.15) is 0 Å². The third-order valence-electron chi connectivity index (χ3n) is 3.09. The highest BCUT2D eigenvalue weighted by Crippen LogP contribution is 2.18. The molecule has 0 bridgehead atoms. The number of hydrogen-bond acceptors (Lipinski definition) is 2. The summed E-state index contributed by atoms with van der Waals surface area (Å²) in [5, 5.41) is 3.52. The molecule has 2 nitrogen and oxygen atoms in total. The minimum Gasteiger partial charge on any atom is -0.306 e. The molecular weight excluding hydrogens is 288 g/mol. The Morgan fingerprint density at radius 1 is 1.33 bits per heavy atom. The van der Waals surface area contributed by atoms with Crippen LogP contribution in [-0.4, -0.2) is 4.98 Å². The Labute approximate surface area is 117 Å². The van der Waals surface area contributed by atoms with Gasteiger partial charge in [-0.1, -0.05) is 28.1 Å². The van der Waals surface area contributed by atoms with Gasteiger partial charge in [-0.15, -0.1) is 0 Å². The summed E-state index contributed by atoms with van der Waals surface area (Å²) < 4.78 is 1.12. The van der Waals surface area contributed by atoms with Gasteiger partial charge in [0.2, 0.25) is 0 Å². The smallest absolute Gasteiger partial charge is 0.0315 e. The fourth-order valence-corrected chi connectivity index (χ4v) is 2.26. The van der Waals surface area contributed by atoms with Crippen molar-refractivity contribution in [3.05, 3.63) is 63.9 Å². The molecule has 0 saturated carbocycles. The fraction of sp³-hybridized carbons (Fsp3) is 0.267. The van der Waals surface area contributed by atoms with E-state index in [2.05, 4.69) is 58.3 Å². The van der Waals surface area contributed by atoms with E-state index in [0.717, 1.165) is 11.0 Å². The Bertz CT molecular complexity index is 525. The van der Waals surface area contributed by atoms with Crippen molar-refractivity contribution < 1.29 is 0 Å². The number of benzene rings is 1. The first kappa shape index (κ1) is 13.2. The van der Waals surface area contributed by atoms with Crippen LogP contribution < -0.4 is 5.32 Å². The SMILES string of the molecule is Cc1ccncc1CN[C@H](C)c1cccc(Br)c1. The maximum atomic E-state index is 4.16. The average molecular weight is 305 g/mol. The van der Waals surface area contributed by atoms with Crippen LogP contribution in [0, 0.1) is 6.92 Å². The third kappa shape index (κ3) is 3.40. The molecule has 94 valence electrons. The van der Waals surface area contributed by atoms with E-state index in [1.165, 1.54) is 16.7 Å². The zero-order valence-corrected chi connectivity index (χ0v) is 12.2. The molecule has 1 N–H and O–H groups in total. The number of hydrogen-bond donors (Lipinski definition) is 1. The van der Waals surface area contributed by atoms with Gasteiger partial charge in [-0.05, 0) is 48.7 Å². The van der Waals surface area contributed by atoms with Crippen molar-refractivity contribution in [1.82, 2.24) is 10.3 Å². The molecule has 0 unspecified atom stereocenters. The highest BCUT2D eigenvalue weighted by molar-refractivity contribution is 9.10. The number of pyridine rings is 1. The van der Waals surface area contributed by atoms with E-state index in [4.69, 9.17) is 0 Å². The lowest BCUT2D eigenvalue weighted by atomic mass is 10.1. The van der Waals surface area contributed by atoms with E-state index in [1.807, 2.05) is 24.5 Å². The van der Waals surface area contributed by atoms with E-state index >= 15 is 0 Å². The second-order valence-corrected chi connectivity index (χ2v) is 5.38. The maximum Gasteiger partial charge on any atom is 0.0315 e. The van der Waals surface area contributed by atoms with Crippen molar-refractivity contribution in [3.63, 3.8) is 0 Å². The van der Waals surface area contributed by atoms with Crippen LogP contribution in [0.5, 0.6) is 0 Å². The highest BCUT2D eigenvalue weighted by Gasteiger charge is 2.06. The van der Waals surface area contributed by atoms with Crippen LogP contribution in [0.3, 0.4) is 0 Å². The summed E-state index contributed by atoms with van der Waals surface area (Å²) in [5.74, 6) is 0. The molecule has 0 amide bonds. The van der Waals surface area contributed by atoms with Crippen molar-refractivity contribution in [2.24, 2.45) is 0 Å². The Balaban J connectivity index is 2.00. The molecule has 1 heterocycles. The zero-order chi connectivity index (χ0) is 13.0. The van der Waals surface area contributed by atoms with E-state index in [1.54, 1.807) is 0 Å². The quantitative estimate of drug-likeness (QED) is 0.923. The van der Waals surface area contributed by atoms with Crippen LogP contribution in [0.15, 0.2) is 47.2 Å². The van der Waals surface area contributed by atoms with Crippen molar-refractivity contribution in [2.75, 3.05) is 0 Å². The van der Waals surface area contributed by atoms with E-state index in [0.29, 0.717) is 6.04 Å². The Kier molecular flexibility index (Phi) is 4.50. The summed E-state index contributed by atoms with van der Waals surface area (Å²) in [5.41, 5.74) is 3.81. The van der Waals surface area contributed by atoms with Gasteiger partial charge in [-0.2, -0.15) is 0 Å². The maximum absolute atomic E-state index is 4.16. The number of aromatic nitrogens is 1. The predicted octanol–water partition coefficient (Wildman–Crippen LogP) is 4.00. The predicted molar refractivity (Wildman–Crippen MR) is 78.4 cm³/mol. The topological polar surface area (TPSA) is 24.9 Å². The lowest BCUT2D eigenvalue weighted by molar-refractivity contribution is 0.572. The monoisotopic (exact) mass is 304 g/mol. The molecule has 3 heteroatoms. The van der Waals surface area contributed by atoms with Crippen LogP contribution in [0.2, 0.25) is 0 Å². The number of halogens is 1. The fourth-order valence-electron chi connectivity index (χ4n) is 1.84. The molecule has 0 spiro atoms. The summed E-state index contributed by atoms with van der Waals surface area (Å²) in [6.07, 6.45) is 3.76. The first-order valence-corrected chi connectivity index (χ1v) is 6.84. The Morgan fingerprint density at radius 3 is 2.89 bits per heavy atom. The van der Waals surface area contributed by atoms with Crippen LogP contribution in [0.1, 0.15) is 29.7 Å². The molecule has 1 aromatic heterocycles. The normalized spacial score (nSPS) is 12.4. The molecule has 0 radical (unpaired) electrons. The van der Waals surface area contributed by atoms with E-state index in [-0.39, 0.29) is 0 Å². The number of rotatable bonds is 4. The summed E-state index contributed by atoms with van der Waals surface area (Å²) >= 11 is 3.50. The third-order valence-corrected chi connectivity index (χ3v) is 3.59. The number of nitrogens with one attached hydrogen (secondary N) is 1.